The summed E-state index contributed by atoms with van der Waals surface area (Å²) in [6, 6.07) is 20.1. The number of nitrogens with zero attached hydrogens (tertiary/aromatic N) is 2. The Bertz CT molecular complexity index is 489. The summed E-state index contributed by atoms with van der Waals surface area (Å²) in [6.07, 6.45) is 5.36. The fourth-order valence-corrected chi connectivity index (χ4v) is 1.41. The van der Waals surface area contributed by atoms with Gasteiger partial charge in [0.1, 0.15) is 0 Å². The van der Waals surface area contributed by atoms with E-state index in [1.165, 1.54) is 11.1 Å². The van der Waals surface area contributed by atoms with Gasteiger partial charge in [-0.2, -0.15) is 0 Å². The molecule has 0 aliphatic rings. The molecule has 3 rings (SSSR count). The molecule has 0 radical (unpaired) electrons. The summed E-state index contributed by atoms with van der Waals surface area (Å²) in [7, 11) is 0. The maximum atomic E-state index is 3.98. The first kappa shape index (κ1) is 16.6. The van der Waals surface area contributed by atoms with Gasteiger partial charge in [0.05, 0.1) is 0 Å². The minimum Gasteiger partial charge on any atom is -0.265 e. The van der Waals surface area contributed by atoms with Crippen LogP contribution in [0.25, 0.3) is 0 Å². The van der Waals surface area contributed by atoms with Gasteiger partial charge in [0.2, 0.25) is 0 Å². The molecule has 0 saturated heterocycles. The van der Waals surface area contributed by atoms with Crippen LogP contribution in [0, 0.1) is 20.8 Å². The van der Waals surface area contributed by atoms with Crippen molar-refractivity contribution >= 4 is 0 Å². The SMILES string of the molecule is Cc1ccccc1.Cc1ccccn1.Cc1ccncc1. The number of hydrogen-bond acceptors (Lipinski definition) is 2. The van der Waals surface area contributed by atoms with Crippen LogP contribution in [-0.4, -0.2) is 9.97 Å². The van der Waals surface area contributed by atoms with Crippen molar-refractivity contribution in [3.05, 3.63) is 96.1 Å². The molecule has 2 heterocycles. The predicted molar refractivity (Wildman–Crippen MR) is 89.1 cm³/mol. The largest absolute Gasteiger partial charge is 0.265 e. The minimum atomic E-state index is 1.07. The second-order valence-electron chi connectivity index (χ2n) is 4.65. The highest BCUT2D eigenvalue weighted by Crippen LogP contribution is 1.92. The Morgan fingerprint density at radius 3 is 1.43 bits per heavy atom. The van der Waals surface area contributed by atoms with E-state index in [1.807, 2.05) is 62.4 Å². The normalized spacial score (nSPS) is 8.71. The van der Waals surface area contributed by atoms with Gasteiger partial charge >= 0.3 is 0 Å². The number of pyridine rings is 2. The monoisotopic (exact) mass is 278 g/mol. The van der Waals surface area contributed by atoms with Crippen LogP contribution in [0.3, 0.4) is 0 Å². The van der Waals surface area contributed by atoms with Crippen molar-refractivity contribution in [3.63, 3.8) is 0 Å². The van der Waals surface area contributed by atoms with Gasteiger partial charge < -0.3 is 0 Å². The van der Waals surface area contributed by atoms with Gasteiger partial charge in [0.25, 0.3) is 0 Å². The molecule has 0 aliphatic heterocycles. The first-order valence-corrected chi connectivity index (χ1v) is 6.94. The summed E-state index contributed by atoms with van der Waals surface area (Å²) < 4.78 is 0. The second-order valence-corrected chi connectivity index (χ2v) is 4.65. The Labute approximate surface area is 127 Å². The predicted octanol–water partition coefficient (Wildman–Crippen LogP) is 4.78. The number of benzene rings is 1. The van der Waals surface area contributed by atoms with Crippen LogP contribution in [0.15, 0.2) is 79.3 Å². The number of aromatic nitrogens is 2. The van der Waals surface area contributed by atoms with Crippen molar-refractivity contribution in [2.45, 2.75) is 20.8 Å². The lowest BCUT2D eigenvalue weighted by Crippen LogP contribution is -1.72. The van der Waals surface area contributed by atoms with Gasteiger partial charge in [0.15, 0.2) is 0 Å². The third kappa shape index (κ3) is 9.11. The van der Waals surface area contributed by atoms with E-state index >= 15 is 0 Å². The lowest BCUT2D eigenvalue weighted by atomic mass is 10.2. The van der Waals surface area contributed by atoms with E-state index in [-0.39, 0.29) is 0 Å². The first-order valence-electron chi connectivity index (χ1n) is 6.94. The fourth-order valence-electron chi connectivity index (χ4n) is 1.41. The molecule has 1 aromatic carbocycles. The molecule has 3 aromatic rings. The molecular weight excluding hydrogens is 256 g/mol. The zero-order valence-electron chi connectivity index (χ0n) is 12.9. The second kappa shape index (κ2) is 10.3. The summed E-state index contributed by atoms with van der Waals surface area (Å²) in [6.45, 7) is 6.10. The fraction of sp³-hybridized carbons (Fsp3) is 0.158. The summed E-state index contributed by atoms with van der Waals surface area (Å²) in [5.74, 6) is 0. The van der Waals surface area contributed by atoms with Gasteiger partial charge in [-0.25, -0.2) is 0 Å². The Morgan fingerprint density at radius 2 is 1.14 bits per heavy atom. The molecule has 0 spiro atoms. The molecule has 0 atom stereocenters. The summed E-state index contributed by atoms with van der Waals surface area (Å²) in [5, 5.41) is 0. The van der Waals surface area contributed by atoms with E-state index in [0.29, 0.717) is 0 Å². The molecule has 0 aliphatic carbocycles. The van der Waals surface area contributed by atoms with Crippen LogP contribution >= 0.6 is 0 Å². The average molecular weight is 278 g/mol. The first-order chi connectivity index (χ1) is 10.2. The minimum absolute atomic E-state index is 1.07. The molecule has 0 fully saturated rings. The van der Waals surface area contributed by atoms with Gasteiger partial charge in [-0.3, -0.25) is 9.97 Å². The van der Waals surface area contributed by atoms with Crippen molar-refractivity contribution in [3.8, 4) is 0 Å². The van der Waals surface area contributed by atoms with Crippen molar-refractivity contribution in [2.24, 2.45) is 0 Å². The van der Waals surface area contributed by atoms with Crippen molar-refractivity contribution in [2.75, 3.05) is 0 Å². The maximum Gasteiger partial charge on any atom is 0.0372 e. The van der Waals surface area contributed by atoms with Gasteiger partial charge in [-0.05, 0) is 50.6 Å². The lowest BCUT2D eigenvalue weighted by Gasteiger charge is -1.82. The lowest BCUT2D eigenvalue weighted by molar-refractivity contribution is 1.20. The van der Waals surface area contributed by atoms with Gasteiger partial charge in [0, 0.05) is 24.3 Å². The standard InChI is InChI=1S/C7H8.2C6H7N/c1-7-5-3-2-4-6-7;1-6-2-4-7-5-3-6;1-6-4-2-3-5-7-6/h2-6H,1H3;2*2-5H,1H3. The van der Waals surface area contributed by atoms with Crippen LogP contribution in [-0.2, 0) is 0 Å². The Morgan fingerprint density at radius 1 is 0.571 bits per heavy atom. The van der Waals surface area contributed by atoms with E-state index in [1.54, 1.807) is 18.6 Å². The number of hydrogen-bond donors (Lipinski definition) is 0. The molecule has 0 N–H and O–H groups in total. The molecule has 2 nitrogen and oxygen atoms in total. The highest BCUT2D eigenvalue weighted by atomic mass is 14.6. The van der Waals surface area contributed by atoms with E-state index in [9.17, 15) is 0 Å². The quantitative estimate of drug-likeness (QED) is 0.591. The molecule has 0 saturated carbocycles. The number of rotatable bonds is 0. The zero-order chi connectivity index (χ0) is 15.3. The highest BCUT2D eigenvalue weighted by molar-refractivity contribution is 5.11. The molecular formula is C19H22N2. The van der Waals surface area contributed by atoms with Crippen LogP contribution in [0.5, 0.6) is 0 Å². The van der Waals surface area contributed by atoms with Crippen molar-refractivity contribution < 1.29 is 0 Å². The van der Waals surface area contributed by atoms with Crippen LogP contribution in [0.4, 0.5) is 0 Å². The summed E-state index contributed by atoms with van der Waals surface area (Å²) >= 11 is 0. The third-order valence-electron chi connectivity index (χ3n) is 2.60. The van der Waals surface area contributed by atoms with E-state index < -0.39 is 0 Å². The smallest absolute Gasteiger partial charge is 0.0372 e. The summed E-state index contributed by atoms with van der Waals surface area (Å²) in [4.78, 5) is 7.82. The van der Waals surface area contributed by atoms with E-state index in [2.05, 4.69) is 29.0 Å². The molecule has 2 heteroatoms. The Kier molecular flexibility index (Phi) is 8.15. The van der Waals surface area contributed by atoms with E-state index in [0.717, 1.165) is 5.69 Å². The molecule has 2 aromatic heterocycles. The van der Waals surface area contributed by atoms with Crippen LogP contribution in [0.1, 0.15) is 16.8 Å². The van der Waals surface area contributed by atoms with Crippen LogP contribution < -0.4 is 0 Å². The highest BCUT2D eigenvalue weighted by Gasteiger charge is 1.74. The third-order valence-corrected chi connectivity index (χ3v) is 2.60. The zero-order valence-corrected chi connectivity index (χ0v) is 12.9. The molecule has 108 valence electrons. The number of aryl methyl sites for hydroxylation is 3. The topological polar surface area (TPSA) is 25.8 Å². The van der Waals surface area contributed by atoms with Crippen molar-refractivity contribution in [1.29, 1.82) is 0 Å². The molecule has 0 bridgehead atoms. The maximum absolute atomic E-state index is 3.98. The Balaban J connectivity index is 0.000000157. The molecule has 0 amide bonds. The Hall–Kier alpha value is -2.48. The van der Waals surface area contributed by atoms with Gasteiger partial charge in [-0.1, -0.05) is 42.0 Å². The molecule has 21 heavy (non-hydrogen) atoms. The molecule has 0 unspecified atom stereocenters. The average Bonchev–Trinajstić information content (AvgIpc) is 2.51. The van der Waals surface area contributed by atoms with Gasteiger partial charge in [-0.15, -0.1) is 0 Å². The van der Waals surface area contributed by atoms with Crippen molar-refractivity contribution in [1.82, 2.24) is 9.97 Å². The van der Waals surface area contributed by atoms with E-state index in [4.69, 9.17) is 0 Å². The van der Waals surface area contributed by atoms with Crippen LogP contribution in [0.2, 0.25) is 0 Å². The summed E-state index contributed by atoms with van der Waals surface area (Å²) in [5.41, 5.74) is 3.65.